The summed E-state index contributed by atoms with van der Waals surface area (Å²) in [6, 6.07) is 6.42. The van der Waals surface area contributed by atoms with Crippen molar-refractivity contribution in [3.63, 3.8) is 0 Å². The van der Waals surface area contributed by atoms with Crippen LogP contribution in [0.2, 0.25) is 0 Å². The minimum Gasteiger partial charge on any atom is -0.496 e. The molecule has 2 heterocycles. The summed E-state index contributed by atoms with van der Waals surface area (Å²) in [6.45, 7) is 7.75. The second-order valence-electron chi connectivity index (χ2n) is 7.54. The first-order valence-corrected chi connectivity index (χ1v) is 8.64. The number of ether oxygens (including phenoxy) is 2. The maximum atomic E-state index is 10.4. The first-order chi connectivity index (χ1) is 10.9. The molecule has 1 spiro atoms. The van der Waals surface area contributed by atoms with Crippen LogP contribution in [0.3, 0.4) is 0 Å². The third kappa shape index (κ3) is 3.87. The molecule has 0 radical (unpaired) electrons. The summed E-state index contributed by atoms with van der Waals surface area (Å²) >= 11 is 0. The number of aliphatic hydroxyl groups is 1. The number of nitrogens with zero attached hydrogens (tertiary/aromatic N) is 1. The van der Waals surface area contributed by atoms with Crippen LogP contribution in [-0.2, 0) is 11.3 Å². The number of rotatable bonds is 3. The highest BCUT2D eigenvalue weighted by molar-refractivity contribution is 5.36. The van der Waals surface area contributed by atoms with Gasteiger partial charge in [-0.15, -0.1) is 0 Å². The van der Waals surface area contributed by atoms with Gasteiger partial charge in [-0.05, 0) is 50.3 Å². The van der Waals surface area contributed by atoms with Crippen LogP contribution in [0.4, 0.5) is 0 Å². The van der Waals surface area contributed by atoms with Crippen molar-refractivity contribution in [2.75, 3.05) is 26.8 Å². The van der Waals surface area contributed by atoms with Gasteiger partial charge in [0.25, 0.3) is 0 Å². The predicted molar refractivity (Wildman–Crippen MR) is 90.8 cm³/mol. The van der Waals surface area contributed by atoms with Crippen LogP contribution in [0, 0.1) is 6.92 Å². The molecule has 0 aliphatic carbocycles. The van der Waals surface area contributed by atoms with E-state index in [9.17, 15) is 5.11 Å². The van der Waals surface area contributed by atoms with Gasteiger partial charge in [-0.25, -0.2) is 0 Å². The molecule has 2 saturated heterocycles. The van der Waals surface area contributed by atoms with Gasteiger partial charge < -0.3 is 14.6 Å². The van der Waals surface area contributed by atoms with E-state index in [0.717, 1.165) is 51.1 Å². The fourth-order valence-corrected chi connectivity index (χ4v) is 4.06. The maximum absolute atomic E-state index is 10.4. The van der Waals surface area contributed by atoms with Crippen LogP contribution >= 0.6 is 0 Å². The van der Waals surface area contributed by atoms with Crippen LogP contribution in [0.1, 0.15) is 43.7 Å². The summed E-state index contributed by atoms with van der Waals surface area (Å²) in [4.78, 5) is 2.49. The molecule has 1 atom stereocenters. The molecule has 1 aromatic carbocycles. The summed E-state index contributed by atoms with van der Waals surface area (Å²) in [5.41, 5.74) is 1.85. The van der Waals surface area contributed by atoms with Gasteiger partial charge in [0.05, 0.1) is 24.9 Å². The van der Waals surface area contributed by atoms with E-state index in [1.807, 2.05) is 6.92 Å². The van der Waals surface area contributed by atoms with Crippen molar-refractivity contribution in [1.82, 2.24) is 4.90 Å². The molecule has 0 saturated carbocycles. The van der Waals surface area contributed by atoms with Gasteiger partial charge in [0, 0.05) is 26.1 Å². The second kappa shape index (κ2) is 6.42. The van der Waals surface area contributed by atoms with Crippen LogP contribution in [0.15, 0.2) is 18.2 Å². The standard InChI is InChI=1S/C19H29NO3/c1-15-12-16(4-5-17(15)22-3)13-20-9-6-19(7-10-20)14-18(2,21)8-11-23-19/h4-5,12,21H,6-11,13-14H2,1-3H3. The molecule has 0 bridgehead atoms. The summed E-state index contributed by atoms with van der Waals surface area (Å²) in [6.07, 6.45) is 3.55. The molecular weight excluding hydrogens is 290 g/mol. The molecule has 2 fully saturated rings. The van der Waals surface area contributed by atoms with E-state index in [0.29, 0.717) is 6.61 Å². The molecule has 4 heteroatoms. The first kappa shape index (κ1) is 16.7. The Morgan fingerprint density at radius 2 is 2.00 bits per heavy atom. The van der Waals surface area contributed by atoms with E-state index in [2.05, 4.69) is 30.0 Å². The topological polar surface area (TPSA) is 41.9 Å². The highest BCUT2D eigenvalue weighted by Crippen LogP contribution is 2.39. The Balaban J connectivity index is 1.58. The Labute approximate surface area is 139 Å². The molecular formula is C19H29NO3. The fourth-order valence-electron chi connectivity index (χ4n) is 4.06. The molecule has 1 aromatic rings. The van der Waals surface area contributed by atoms with Crippen LogP contribution < -0.4 is 4.74 Å². The lowest BCUT2D eigenvalue weighted by Gasteiger charge is -2.48. The van der Waals surface area contributed by atoms with Crippen molar-refractivity contribution in [2.45, 2.75) is 57.3 Å². The highest BCUT2D eigenvalue weighted by atomic mass is 16.5. The Morgan fingerprint density at radius 1 is 1.26 bits per heavy atom. The number of likely N-dealkylation sites (tertiary alicyclic amines) is 1. The number of piperidine rings is 1. The van der Waals surface area contributed by atoms with Crippen molar-refractivity contribution in [3.8, 4) is 5.75 Å². The quantitative estimate of drug-likeness (QED) is 0.930. The molecule has 128 valence electrons. The minimum atomic E-state index is -0.562. The van der Waals surface area contributed by atoms with Gasteiger partial charge in [-0.3, -0.25) is 4.90 Å². The third-order valence-corrected chi connectivity index (χ3v) is 5.38. The zero-order valence-electron chi connectivity index (χ0n) is 14.6. The largest absolute Gasteiger partial charge is 0.496 e. The smallest absolute Gasteiger partial charge is 0.121 e. The molecule has 2 aliphatic rings. The molecule has 1 unspecified atom stereocenters. The van der Waals surface area contributed by atoms with Crippen LogP contribution in [0.5, 0.6) is 5.75 Å². The summed E-state index contributed by atoms with van der Waals surface area (Å²) in [7, 11) is 1.71. The monoisotopic (exact) mass is 319 g/mol. The van der Waals surface area contributed by atoms with Crippen LogP contribution in [0.25, 0.3) is 0 Å². The third-order valence-electron chi connectivity index (χ3n) is 5.38. The highest BCUT2D eigenvalue weighted by Gasteiger charge is 2.44. The molecule has 0 amide bonds. The number of hydrogen-bond acceptors (Lipinski definition) is 4. The SMILES string of the molecule is COc1ccc(CN2CCC3(CC2)CC(C)(O)CCO3)cc1C. The van der Waals surface area contributed by atoms with E-state index < -0.39 is 5.60 Å². The average molecular weight is 319 g/mol. The Hall–Kier alpha value is -1.10. The summed E-state index contributed by atoms with van der Waals surface area (Å²) < 4.78 is 11.4. The molecule has 4 nitrogen and oxygen atoms in total. The van der Waals surface area contributed by atoms with Crippen molar-refractivity contribution in [3.05, 3.63) is 29.3 Å². The minimum absolute atomic E-state index is 0.103. The van der Waals surface area contributed by atoms with Gasteiger partial charge in [0.2, 0.25) is 0 Å². The number of methoxy groups -OCH3 is 1. The lowest BCUT2D eigenvalue weighted by molar-refractivity contribution is -0.173. The average Bonchev–Trinajstić information content (AvgIpc) is 2.49. The normalized spacial score (nSPS) is 28.0. The van der Waals surface area contributed by atoms with E-state index in [1.165, 1.54) is 11.1 Å². The zero-order chi connectivity index (χ0) is 16.5. The van der Waals surface area contributed by atoms with Gasteiger partial charge in [0.15, 0.2) is 0 Å². The summed E-state index contributed by atoms with van der Waals surface area (Å²) in [5, 5.41) is 10.4. The molecule has 23 heavy (non-hydrogen) atoms. The number of benzene rings is 1. The maximum Gasteiger partial charge on any atom is 0.121 e. The van der Waals surface area contributed by atoms with E-state index >= 15 is 0 Å². The number of hydrogen-bond donors (Lipinski definition) is 1. The summed E-state index contributed by atoms with van der Waals surface area (Å²) in [5.74, 6) is 0.948. The number of aryl methyl sites for hydroxylation is 1. The molecule has 3 rings (SSSR count). The predicted octanol–water partition coefficient (Wildman–Crippen LogP) is 2.90. The van der Waals surface area contributed by atoms with E-state index in [-0.39, 0.29) is 5.60 Å². The van der Waals surface area contributed by atoms with Gasteiger partial charge >= 0.3 is 0 Å². The Morgan fingerprint density at radius 3 is 2.61 bits per heavy atom. The van der Waals surface area contributed by atoms with E-state index in [4.69, 9.17) is 9.47 Å². The lowest BCUT2D eigenvalue weighted by atomic mass is 9.78. The van der Waals surface area contributed by atoms with Crippen molar-refractivity contribution in [2.24, 2.45) is 0 Å². The lowest BCUT2D eigenvalue weighted by Crippen LogP contribution is -2.53. The Bertz CT molecular complexity index is 548. The Kier molecular flexibility index (Phi) is 4.68. The van der Waals surface area contributed by atoms with Crippen molar-refractivity contribution < 1.29 is 14.6 Å². The van der Waals surface area contributed by atoms with E-state index in [1.54, 1.807) is 7.11 Å². The fraction of sp³-hybridized carbons (Fsp3) is 0.684. The van der Waals surface area contributed by atoms with Crippen LogP contribution in [-0.4, -0.2) is 48.0 Å². The van der Waals surface area contributed by atoms with Crippen molar-refractivity contribution in [1.29, 1.82) is 0 Å². The van der Waals surface area contributed by atoms with Crippen molar-refractivity contribution >= 4 is 0 Å². The van der Waals surface area contributed by atoms with Gasteiger partial charge in [-0.1, -0.05) is 12.1 Å². The first-order valence-electron chi connectivity index (χ1n) is 8.64. The molecule has 1 N–H and O–H groups in total. The second-order valence-corrected chi connectivity index (χ2v) is 7.54. The molecule has 0 aromatic heterocycles. The zero-order valence-corrected chi connectivity index (χ0v) is 14.6. The van der Waals surface area contributed by atoms with Gasteiger partial charge in [-0.2, -0.15) is 0 Å². The van der Waals surface area contributed by atoms with Gasteiger partial charge in [0.1, 0.15) is 5.75 Å². The molecule has 2 aliphatic heterocycles.